The van der Waals surface area contributed by atoms with Crippen molar-refractivity contribution in [2.75, 3.05) is 13.1 Å². The summed E-state index contributed by atoms with van der Waals surface area (Å²) in [5.41, 5.74) is 1.02. The van der Waals surface area contributed by atoms with Gasteiger partial charge in [0, 0.05) is 38.4 Å². The van der Waals surface area contributed by atoms with Gasteiger partial charge in [-0.25, -0.2) is 4.79 Å². The molecule has 1 aromatic heterocycles. The number of urea groups is 1. The summed E-state index contributed by atoms with van der Waals surface area (Å²) >= 11 is 0. The van der Waals surface area contributed by atoms with Crippen LogP contribution in [0.1, 0.15) is 18.4 Å². The molecular formula is C13H17N3O3. The molecule has 0 spiro atoms. The molecule has 6 heteroatoms. The molecule has 1 aromatic rings. The number of hydrogen-bond donors (Lipinski definition) is 2. The Morgan fingerprint density at radius 3 is 2.89 bits per heavy atom. The van der Waals surface area contributed by atoms with E-state index in [1.165, 1.54) is 0 Å². The van der Waals surface area contributed by atoms with Gasteiger partial charge in [-0.1, -0.05) is 0 Å². The monoisotopic (exact) mass is 263 g/mol. The van der Waals surface area contributed by atoms with Crippen LogP contribution >= 0.6 is 0 Å². The van der Waals surface area contributed by atoms with Crippen LogP contribution in [-0.4, -0.2) is 40.1 Å². The average molecular weight is 263 g/mol. The van der Waals surface area contributed by atoms with E-state index in [0.717, 1.165) is 5.56 Å². The Morgan fingerprint density at radius 1 is 1.47 bits per heavy atom. The number of pyridine rings is 1. The third kappa shape index (κ3) is 3.94. The van der Waals surface area contributed by atoms with Gasteiger partial charge in [0.15, 0.2) is 0 Å². The Balaban J connectivity index is 1.91. The van der Waals surface area contributed by atoms with Crippen LogP contribution in [0.5, 0.6) is 0 Å². The Bertz CT molecular complexity index is 450. The Morgan fingerprint density at radius 2 is 2.21 bits per heavy atom. The summed E-state index contributed by atoms with van der Waals surface area (Å²) in [6.07, 6.45) is 4.12. The van der Waals surface area contributed by atoms with Gasteiger partial charge < -0.3 is 15.3 Å². The molecule has 2 amide bonds. The molecule has 1 unspecified atom stereocenters. The average Bonchev–Trinajstić information content (AvgIpc) is 2.41. The molecule has 1 fully saturated rings. The zero-order valence-corrected chi connectivity index (χ0v) is 10.6. The summed E-state index contributed by atoms with van der Waals surface area (Å²) in [4.78, 5) is 28.0. The fourth-order valence-corrected chi connectivity index (χ4v) is 2.17. The van der Waals surface area contributed by atoms with Gasteiger partial charge in [-0.3, -0.25) is 9.78 Å². The third-order valence-electron chi connectivity index (χ3n) is 3.20. The van der Waals surface area contributed by atoms with E-state index >= 15 is 0 Å². The molecule has 1 atom stereocenters. The Kier molecular flexibility index (Phi) is 4.33. The molecule has 2 heterocycles. The summed E-state index contributed by atoms with van der Waals surface area (Å²) in [6.45, 7) is 1.68. The van der Waals surface area contributed by atoms with Gasteiger partial charge in [0.2, 0.25) is 0 Å². The molecule has 0 radical (unpaired) electrons. The minimum absolute atomic E-state index is 0.0941. The highest BCUT2D eigenvalue weighted by Gasteiger charge is 2.25. The van der Waals surface area contributed by atoms with E-state index in [0.29, 0.717) is 26.1 Å². The number of nitrogens with zero attached hydrogens (tertiary/aromatic N) is 2. The maximum absolute atomic E-state index is 11.8. The van der Waals surface area contributed by atoms with Gasteiger partial charge in [-0.05, 0) is 30.0 Å². The van der Waals surface area contributed by atoms with Crippen LogP contribution in [0.15, 0.2) is 24.5 Å². The number of aliphatic carboxylic acids is 1. The number of hydrogen-bond acceptors (Lipinski definition) is 3. The van der Waals surface area contributed by atoms with E-state index in [9.17, 15) is 9.59 Å². The molecule has 2 N–H and O–H groups in total. The minimum atomic E-state index is -0.794. The summed E-state index contributed by atoms with van der Waals surface area (Å²) in [5.74, 6) is -0.603. The number of aromatic nitrogens is 1. The van der Waals surface area contributed by atoms with Crippen LogP contribution in [0.25, 0.3) is 0 Å². The van der Waals surface area contributed by atoms with Crippen LogP contribution in [-0.2, 0) is 11.3 Å². The molecule has 102 valence electrons. The maximum atomic E-state index is 11.8. The fraction of sp³-hybridized carbons (Fsp3) is 0.462. The number of amides is 2. The highest BCUT2D eigenvalue weighted by molar-refractivity contribution is 5.75. The first-order chi connectivity index (χ1) is 9.15. The largest absolute Gasteiger partial charge is 0.481 e. The van der Waals surface area contributed by atoms with Crippen LogP contribution in [0.3, 0.4) is 0 Å². The molecule has 1 saturated heterocycles. The van der Waals surface area contributed by atoms with Crippen molar-refractivity contribution in [1.29, 1.82) is 0 Å². The van der Waals surface area contributed by atoms with E-state index in [2.05, 4.69) is 10.3 Å². The van der Waals surface area contributed by atoms with Crippen molar-refractivity contribution in [2.24, 2.45) is 5.92 Å². The van der Waals surface area contributed by atoms with Crippen molar-refractivity contribution < 1.29 is 14.7 Å². The van der Waals surface area contributed by atoms with Crippen molar-refractivity contribution in [3.05, 3.63) is 30.1 Å². The number of carboxylic acid groups (broad SMARTS) is 1. The third-order valence-corrected chi connectivity index (χ3v) is 3.20. The number of carbonyl (C=O) groups excluding carboxylic acids is 1. The van der Waals surface area contributed by atoms with Crippen molar-refractivity contribution in [3.63, 3.8) is 0 Å². The van der Waals surface area contributed by atoms with Crippen LogP contribution in [0.4, 0.5) is 4.79 Å². The minimum Gasteiger partial charge on any atom is -0.481 e. The van der Waals surface area contributed by atoms with Gasteiger partial charge in [0.05, 0.1) is 0 Å². The molecule has 0 bridgehead atoms. The van der Waals surface area contributed by atoms with Gasteiger partial charge in [0.25, 0.3) is 0 Å². The molecule has 0 saturated carbocycles. The number of rotatable bonds is 5. The summed E-state index contributed by atoms with van der Waals surface area (Å²) < 4.78 is 0. The highest BCUT2D eigenvalue weighted by Crippen LogP contribution is 2.15. The number of carbonyl (C=O) groups is 2. The van der Waals surface area contributed by atoms with Crippen molar-refractivity contribution in [3.8, 4) is 0 Å². The van der Waals surface area contributed by atoms with Crippen LogP contribution in [0.2, 0.25) is 0 Å². The van der Waals surface area contributed by atoms with E-state index in [4.69, 9.17) is 5.11 Å². The predicted octanol–water partition coefficient (Wildman–Crippen LogP) is 1.09. The van der Waals surface area contributed by atoms with E-state index in [-0.39, 0.29) is 18.4 Å². The molecule has 1 aliphatic rings. The van der Waals surface area contributed by atoms with Crippen LogP contribution in [0, 0.1) is 5.92 Å². The van der Waals surface area contributed by atoms with E-state index < -0.39 is 5.97 Å². The first kappa shape index (κ1) is 13.3. The lowest BCUT2D eigenvalue weighted by molar-refractivity contribution is -0.137. The first-order valence-electron chi connectivity index (χ1n) is 6.28. The number of nitrogens with one attached hydrogen (secondary N) is 1. The normalized spacial score (nSPS) is 19.1. The Hall–Kier alpha value is -2.11. The lowest BCUT2D eigenvalue weighted by atomic mass is 10.0. The van der Waals surface area contributed by atoms with Gasteiger partial charge in [0.1, 0.15) is 0 Å². The maximum Gasteiger partial charge on any atom is 0.317 e. The lowest BCUT2D eigenvalue weighted by Gasteiger charge is -2.33. The molecule has 0 aromatic carbocycles. The smallest absolute Gasteiger partial charge is 0.317 e. The number of carboxylic acids is 1. The van der Waals surface area contributed by atoms with Gasteiger partial charge >= 0.3 is 12.0 Å². The predicted molar refractivity (Wildman–Crippen MR) is 68.4 cm³/mol. The topological polar surface area (TPSA) is 82.5 Å². The lowest BCUT2D eigenvalue weighted by Crippen LogP contribution is -2.50. The quantitative estimate of drug-likeness (QED) is 0.833. The highest BCUT2D eigenvalue weighted by atomic mass is 16.4. The van der Waals surface area contributed by atoms with Crippen molar-refractivity contribution in [1.82, 2.24) is 15.2 Å². The van der Waals surface area contributed by atoms with E-state index in [1.807, 2.05) is 12.1 Å². The standard InChI is InChI=1S/C13H17N3O3/c17-12(18)2-1-11-7-15-13(19)16(9-11)8-10-3-5-14-6-4-10/h3-6,11H,1-2,7-9H2,(H,15,19)(H,17,18). The van der Waals surface area contributed by atoms with E-state index in [1.54, 1.807) is 17.3 Å². The second-order valence-corrected chi connectivity index (χ2v) is 4.72. The van der Waals surface area contributed by atoms with Crippen LogP contribution < -0.4 is 5.32 Å². The zero-order valence-electron chi connectivity index (χ0n) is 10.6. The molecule has 1 aliphatic heterocycles. The SMILES string of the molecule is O=C(O)CCC1CNC(=O)N(Cc2ccncc2)C1. The van der Waals surface area contributed by atoms with Crippen molar-refractivity contribution >= 4 is 12.0 Å². The second-order valence-electron chi connectivity index (χ2n) is 4.72. The fourth-order valence-electron chi connectivity index (χ4n) is 2.17. The molecule has 0 aliphatic carbocycles. The summed E-state index contributed by atoms with van der Waals surface area (Å²) in [6, 6.07) is 3.64. The van der Waals surface area contributed by atoms with Crippen molar-refractivity contribution in [2.45, 2.75) is 19.4 Å². The summed E-state index contributed by atoms with van der Waals surface area (Å²) in [5, 5.41) is 11.5. The molecular weight excluding hydrogens is 246 g/mol. The first-order valence-corrected chi connectivity index (χ1v) is 6.28. The second kappa shape index (κ2) is 6.17. The molecule has 6 nitrogen and oxygen atoms in total. The summed E-state index contributed by atoms with van der Waals surface area (Å²) in [7, 11) is 0. The molecule has 2 rings (SSSR count). The Labute approximate surface area is 111 Å². The van der Waals surface area contributed by atoms with Gasteiger partial charge in [-0.15, -0.1) is 0 Å². The van der Waals surface area contributed by atoms with Gasteiger partial charge in [-0.2, -0.15) is 0 Å². The molecule has 19 heavy (non-hydrogen) atoms. The zero-order chi connectivity index (χ0) is 13.7.